The molecule has 5 nitrogen and oxygen atoms in total. The van der Waals surface area contributed by atoms with Gasteiger partial charge in [-0.15, -0.1) is 0 Å². The first-order valence-corrected chi connectivity index (χ1v) is 6.86. The van der Waals surface area contributed by atoms with E-state index in [4.69, 9.17) is 15.2 Å². The fourth-order valence-electron chi connectivity index (χ4n) is 2.23. The summed E-state index contributed by atoms with van der Waals surface area (Å²) in [4.78, 5) is 13.8. The van der Waals surface area contributed by atoms with E-state index in [9.17, 15) is 4.79 Å². The molecule has 0 saturated heterocycles. The zero-order chi connectivity index (χ0) is 14.6. The number of carbonyl (C=O) groups excluding carboxylic acids is 1. The van der Waals surface area contributed by atoms with Crippen molar-refractivity contribution in [3.63, 3.8) is 0 Å². The van der Waals surface area contributed by atoms with E-state index in [2.05, 4.69) is 0 Å². The molecule has 0 unspecified atom stereocenters. The normalized spacial score (nSPS) is 16.1. The van der Waals surface area contributed by atoms with Crippen LogP contribution in [0.1, 0.15) is 19.3 Å². The van der Waals surface area contributed by atoms with Crippen molar-refractivity contribution < 1.29 is 14.3 Å². The Bertz CT molecular complexity index is 455. The molecular formula is C15H22N2O3. The summed E-state index contributed by atoms with van der Waals surface area (Å²) in [5, 5.41) is 0. The van der Waals surface area contributed by atoms with E-state index < -0.39 is 5.54 Å². The summed E-state index contributed by atoms with van der Waals surface area (Å²) in [5.41, 5.74) is 5.39. The van der Waals surface area contributed by atoms with Crippen LogP contribution in [0, 0.1) is 0 Å². The molecule has 0 radical (unpaired) electrons. The Hall–Kier alpha value is -1.75. The predicted molar refractivity (Wildman–Crippen MR) is 76.9 cm³/mol. The van der Waals surface area contributed by atoms with Gasteiger partial charge in [0.05, 0.1) is 19.2 Å². The smallest absolute Gasteiger partial charge is 0.242 e. The number of hydrogen-bond donors (Lipinski definition) is 1. The van der Waals surface area contributed by atoms with Crippen molar-refractivity contribution >= 4 is 5.91 Å². The summed E-state index contributed by atoms with van der Waals surface area (Å²) in [6, 6.07) is 7.37. The Kier molecular flexibility index (Phi) is 4.49. The molecule has 2 N–H and O–H groups in total. The zero-order valence-electron chi connectivity index (χ0n) is 12.1. The van der Waals surface area contributed by atoms with Crippen molar-refractivity contribution in [3.8, 4) is 11.5 Å². The highest BCUT2D eigenvalue weighted by atomic mass is 16.5. The highest BCUT2D eigenvalue weighted by Gasteiger charge is 2.41. The molecular weight excluding hydrogens is 256 g/mol. The lowest BCUT2D eigenvalue weighted by Crippen LogP contribution is -2.59. The fraction of sp³-hybridized carbons (Fsp3) is 0.533. The predicted octanol–water partition coefficient (Wildman–Crippen LogP) is 1.41. The molecule has 0 aliphatic heterocycles. The van der Waals surface area contributed by atoms with Crippen molar-refractivity contribution in [2.45, 2.75) is 24.8 Å². The van der Waals surface area contributed by atoms with Gasteiger partial charge in [0.25, 0.3) is 0 Å². The summed E-state index contributed by atoms with van der Waals surface area (Å²) in [5.74, 6) is 1.57. The van der Waals surface area contributed by atoms with Crippen molar-refractivity contribution in [2.24, 2.45) is 5.73 Å². The van der Waals surface area contributed by atoms with Crippen molar-refractivity contribution in [3.05, 3.63) is 24.3 Å². The topological polar surface area (TPSA) is 64.8 Å². The van der Waals surface area contributed by atoms with Gasteiger partial charge in [0.2, 0.25) is 5.91 Å². The van der Waals surface area contributed by atoms with Crippen molar-refractivity contribution in [1.29, 1.82) is 0 Å². The van der Waals surface area contributed by atoms with Crippen LogP contribution in [0.4, 0.5) is 0 Å². The molecule has 1 aromatic carbocycles. The van der Waals surface area contributed by atoms with Gasteiger partial charge in [0, 0.05) is 7.05 Å². The van der Waals surface area contributed by atoms with Crippen LogP contribution in [0.2, 0.25) is 0 Å². The van der Waals surface area contributed by atoms with E-state index in [-0.39, 0.29) is 5.91 Å². The summed E-state index contributed by atoms with van der Waals surface area (Å²) < 4.78 is 10.7. The quantitative estimate of drug-likeness (QED) is 0.854. The molecule has 110 valence electrons. The average Bonchev–Trinajstić information content (AvgIpc) is 2.44. The summed E-state index contributed by atoms with van der Waals surface area (Å²) in [6.07, 6.45) is 2.61. The van der Waals surface area contributed by atoms with Crippen molar-refractivity contribution in [1.82, 2.24) is 4.90 Å². The van der Waals surface area contributed by atoms with Gasteiger partial charge >= 0.3 is 0 Å². The molecule has 0 heterocycles. The minimum atomic E-state index is -0.630. The van der Waals surface area contributed by atoms with Crippen LogP contribution in [0.3, 0.4) is 0 Å². The summed E-state index contributed by atoms with van der Waals surface area (Å²) in [7, 11) is 3.40. The molecule has 0 spiro atoms. The van der Waals surface area contributed by atoms with E-state index in [0.717, 1.165) is 30.8 Å². The van der Waals surface area contributed by atoms with E-state index in [1.54, 1.807) is 19.1 Å². The maximum Gasteiger partial charge on any atom is 0.242 e. The Morgan fingerprint density at radius 1 is 1.30 bits per heavy atom. The Labute approximate surface area is 119 Å². The number of nitrogens with zero attached hydrogens (tertiary/aromatic N) is 1. The largest absolute Gasteiger partial charge is 0.497 e. The van der Waals surface area contributed by atoms with Gasteiger partial charge in [-0.3, -0.25) is 4.79 Å². The first-order valence-electron chi connectivity index (χ1n) is 6.86. The number of hydrogen-bond acceptors (Lipinski definition) is 4. The fourth-order valence-corrected chi connectivity index (χ4v) is 2.23. The minimum absolute atomic E-state index is 0.0158. The zero-order valence-corrected chi connectivity index (χ0v) is 12.1. The second-order valence-electron chi connectivity index (χ2n) is 5.26. The highest BCUT2D eigenvalue weighted by molar-refractivity contribution is 5.86. The van der Waals surface area contributed by atoms with Gasteiger partial charge in [-0.1, -0.05) is 0 Å². The molecule has 2 rings (SSSR count). The Balaban J connectivity index is 1.75. The Morgan fingerprint density at radius 3 is 2.40 bits per heavy atom. The van der Waals surface area contributed by atoms with Crippen LogP contribution in [0.15, 0.2) is 24.3 Å². The molecule has 5 heteroatoms. The molecule has 1 aromatic rings. The van der Waals surface area contributed by atoms with Crippen LogP contribution < -0.4 is 15.2 Å². The standard InChI is InChI=1S/C15H22N2O3/c1-17(14(18)15(16)8-3-9-15)10-11-20-13-6-4-12(19-2)5-7-13/h4-7H,3,8-11,16H2,1-2H3. The van der Waals surface area contributed by atoms with Crippen LogP contribution in [-0.2, 0) is 4.79 Å². The van der Waals surface area contributed by atoms with Crippen LogP contribution in [0.5, 0.6) is 11.5 Å². The SMILES string of the molecule is COc1ccc(OCCN(C)C(=O)C2(N)CCC2)cc1. The lowest BCUT2D eigenvalue weighted by molar-refractivity contribution is -0.139. The molecule has 1 fully saturated rings. The van der Waals surface area contributed by atoms with E-state index in [1.807, 2.05) is 24.3 Å². The third-order valence-corrected chi connectivity index (χ3v) is 3.77. The van der Waals surface area contributed by atoms with E-state index >= 15 is 0 Å². The number of amides is 1. The van der Waals surface area contributed by atoms with Gasteiger partial charge in [-0.25, -0.2) is 0 Å². The van der Waals surface area contributed by atoms with Gasteiger partial charge in [-0.2, -0.15) is 0 Å². The number of carbonyl (C=O) groups is 1. The summed E-state index contributed by atoms with van der Waals surface area (Å²) in [6.45, 7) is 0.981. The monoisotopic (exact) mass is 278 g/mol. The first-order chi connectivity index (χ1) is 9.55. The molecule has 1 amide bonds. The minimum Gasteiger partial charge on any atom is -0.497 e. The molecule has 1 aliphatic rings. The lowest BCUT2D eigenvalue weighted by Gasteiger charge is -2.39. The van der Waals surface area contributed by atoms with Gasteiger partial charge in [-0.05, 0) is 43.5 Å². The van der Waals surface area contributed by atoms with Crippen molar-refractivity contribution in [2.75, 3.05) is 27.3 Å². The van der Waals surface area contributed by atoms with E-state index in [1.165, 1.54) is 0 Å². The van der Waals surface area contributed by atoms with Crippen LogP contribution in [0.25, 0.3) is 0 Å². The molecule has 20 heavy (non-hydrogen) atoms. The number of likely N-dealkylation sites (N-methyl/N-ethyl adjacent to an activating group) is 1. The molecule has 0 aromatic heterocycles. The Morgan fingerprint density at radius 2 is 1.90 bits per heavy atom. The third kappa shape index (κ3) is 3.22. The van der Waals surface area contributed by atoms with Gasteiger partial charge < -0.3 is 20.1 Å². The second-order valence-corrected chi connectivity index (χ2v) is 5.26. The number of methoxy groups -OCH3 is 1. The van der Waals surface area contributed by atoms with Gasteiger partial charge in [0.1, 0.15) is 18.1 Å². The first kappa shape index (κ1) is 14.7. The number of rotatable bonds is 6. The molecule has 1 aliphatic carbocycles. The molecule has 0 bridgehead atoms. The maximum atomic E-state index is 12.1. The molecule has 0 atom stereocenters. The number of nitrogens with two attached hydrogens (primary N) is 1. The third-order valence-electron chi connectivity index (χ3n) is 3.77. The lowest BCUT2D eigenvalue weighted by atomic mass is 9.77. The summed E-state index contributed by atoms with van der Waals surface area (Å²) >= 11 is 0. The number of ether oxygens (including phenoxy) is 2. The maximum absolute atomic E-state index is 12.1. The number of benzene rings is 1. The molecule has 1 saturated carbocycles. The highest BCUT2D eigenvalue weighted by Crippen LogP contribution is 2.30. The average molecular weight is 278 g/mol. The van der Waals surface area contributed by atoms with E-state index in [0.29, 0.717) is 13.2 Å². The van der Waals surface area contributed by atoms with Crippen LogP contribution >= 0.6 is 0 Å². The second kappa shape index (κ2) is 6.13. The van der Waals surface area contributed by atoms with Crippen LogP contribution in [-0.4, -0.2) is 43.7 Å². The van der Waals surface area contributed by atoms with Gasteiger partial charge in [0.15, 0.2) is 0 Å².